The molecule has 1 fully saturated rings. The van der Waals surface area contributed by atoms with Crippen molar-refractivity contribution in [2.24, 2.45) is 0 Å². The van der Waals surface area contributed by atoms with Crippen molar-refractivity contribution in [2.45, 2.75) is 32.5 Å². The fourth-order valence-corrected chi connectivity index (χ4v) is 4.13. The van der Waals surface area contributed by atoms with E-state index in [9.17, 15) is 5.11 Å². The Kier molecular flexibility index (Phi) is 5.64. The molecule has 0 saturated carbocycles. The third kappa shape index (κ3) is 4.05. The number of hydrogen-bond acceptors (Lipinski definition) is 3. The van der Waals surface area contributed by atoms with Crippen LogP contribution in [0.15, 0.2) is 48.5 Å². The number of halogens is 1. The van der Waals surface area contributed by atoms with Crippen molar-refractivity contribution in [3.8, 4) is 17.1 Å². The third-order valence-electron chi connectivity index (χ3n) is 5.20. The lowest BCUT2D eigenvalue weighted by Gasteiger charge is -2.26. The van der Waals surface area contributed by atoms with Gasteiger partial charge in [-0.3, -0.25) is 4.57 Å². The van der Waals surface area contributed by atoms with Crippen LogP contribution in [0.2, 0.25) is 5.02 Å². The van der Waals surface area contributed by atoms with E-state index in [1.165, 1.54) is 10.5 Å². The van der Waals surface area contributed by atoms with Gasteiger partial charge in [-0.2, -0.15) is 4.68 Å². The van der Waals surface area contributed by atoms with Gasteiger partial charge in [-0.05, 0) is 68.4 Å². The number of aryl methyl sites for hydroxylation is 1. The predicted molar refractivity (Wildman–Crippen MR) is 114 cm³/mol. The number of piperidine rings is 1. The minimum atomic E-state index is -0.243. The Morgan fingerprint density at radius 3 is 2.57 bits per heavy atom. The van der Waals surface area contributed by atoms with E-state index >= 15 is 0 Å². The lowest BCUT2D eigenvalue weighted by Crippen LogP contribution is -3.13. The molecule has 2 heterocycles. The van der Waals surface area contributed by atoms with Gasteiger partial charge in [0.25, 0.3) is 0 Å². The van der Waals surface area contributed by atoms with Crippen LogP contribution in [0.3, 0.4) is 0 Å². The highest BCUT2D eigenvalue weighted by atomic mass is 35.5. The monoisotopic (exact) mass is 415 g/mol. The second-order valence-corrected chi connectivity index (χ2v) is 8.24. The first-order chi connectivity index (χ1) is 13.5. The summed E-state index contributed by atoms with van der Waals surface area (Å²) in [4.78, 5) is 1.30. The highest BCUT2D eigenvalue weighted by Crippen LogP contribution is 2.24. The summed E-state index contributed by atoms with van der Waals surface area (Å²) in [6.07, 6.45) is 1.66. The van der Waals surface area contributed by atoms with E-state index < -0.39 is 0 Å². The molecule has 0 amide bonds. The molecule has 7 heteroatoms. The Labute approximate surface area is 174 Å². The van der Waals surface area contributed by atoms with Gasteiger partial charge >= 0.3 is 0 Å². The van der Waals surface area contributed by atoms with Gasteiger partial charge < -0.3 is 10.0 Å². The first-order valence-electron chi connectivity index (χ1n) is 9.56. The number of aliphatic hydroxyl groups excluding tert-OH is 1. The van der Waals surface area contributed by atoms with E-state index in [4.69, 9.17) is 28.9 Å². The number of likely N-dealkylation sites (tertiary alicyclic amines) is 1. The number of hydrogen-bond donors (Lipinski definition) is 2. The second kappa shape index (κ2) is 8.17. The number of nitrogens with zero attached hydrogens (tertiary/aromatic N) is 3. The van der Waals surface area contributed by atoms with Crippen molar-refractivity contribution in [1.82, 2.24) is 14.3 Å². The zero-order valence-electron chi connectivity index (χ0n) is 15.8. The topological polar surface area (TPSA) is 47.4 Å². The van der Waals surface area contributed by atoms with Crippen LogP contribution in [-0.4, -0.2) is 38.6 Å². The maximum Gasteiger partial charge on any atom is 0.207 e. The van der Waals surface area contributed by atoms with Crippen LogP contribution in [0.4, 0.5) is 0 Å². The van der Waals surface area contributed by atoms with Gasteiger partial charge in [0.1, 0.15) is 12.6 Å². The summed E-state index contributed by atoms with van der Waals surface area (Å²) in [6.45, 7) is 4.47. The van der Waals surface area contributed by atoms with Crippen molar-refractivity contribution in [1.29, 1.82) is 0 Å². The number of aliphatic hydroxyl groups is 1. The summed E-state index contributed by atoms with van der Waals surface area (Å²) in [6, 6.07) is 15.9. The van der Waals surface area contributed by atoms with E-state index in [1.54, 1.807) is 0 Å². The third-order valence-corrected chi connectivity index (χ3v) is 5.84. The van der Waals surface area contributed by atoms with Gasteiger partial charge in [0.15, 0.2) is 12.5 Å². The fraction of sp³-hybridized carbons (Fsp3) is 0.333. The van der Waals surface area contributed by atoms with Gasteiger partial charge in [0.2, 0.25) is 4.77 Å². The molecule has 146 valence electrons. The van der Waals surface area contributed by atoms with Crippen LogP contribution < -0.4 is 4.90 Å². The second-order valence-electron chi connectivity index (χ2n) is 7.44. The van der Waals surface area contributed by atoms with Crippen LogP contribution in [0.1, 0.15) is 18.4 Å². The Morgan fingerprint density at radius 1 is 1.18 bits per heavy atom. The highest BCUT2D eigenvalue weighted by molar-refractivity contribution is 7.71. The minimum Gasteiger partial charge on any atom is -0.387 e. The van der Waals surface area contributed by atoms with Crippen molar-refractivity contribution in [2.75, 3.05) is 13.1 Å². The first-order valence-corrected chi connectivity index (χ1v) is 10.3. The van der Waals surface area contributed by atoms with Gasteiger partial charge in [0, 0.05) is 16.3 Å². The Hall–Kier alpha value is -1.99. The molecule has 0 bridgehead atoms. The average Bonchev–Trinajstić information content (AvgIpc) is 2.99. The summed E-state index contributed by atoms with van der Waals surface area (Å²) in [7, 11) is 0. The summed E-state index contributed by atoms with van der Waals surface area (Å²) in [5.74, 6) is 0.794. The van der Waals surface area contributed by atoms with Crippen LogP contribution >= 0.6 is 23.8 Å². The Morgan fingerprint density at radius 2 is 1.89 bits per heavy atom. The molecule has 1 aromatic heterocycles. The maximum atomic E-state index is 10.0. The zero-order valence-corrected chi connectivity index (χ0v) is 17.4. The lowest BCUT2D eigenvalue weighted by atomic mass is 10.1. The molecule has 2 N–H and O–H groups in total. The van der Waals surface area contributed by atoms with E-state index in [2.05, 4.69) is 31.2 Å². The van der Waals surface area contributed by atoms with Crippen molar-refractivity contribution >= 4 is 23.8 Å². The molecule has 4 rings (SSSR count). The number of rotatable bonds is 4. The number of nitrogens with one attached hydrogen (secondary N) is 1. The van der Waals surface area contributed by atoms with Gasteiger partial charge in [-0.1, -0.05) is 29.3 Å². The standard InChI is InChI=1S/C21H23ClN4OS/c1-15-4-10-18(11-5-15)26-20(16-6-8-17(22)9-7-16)23-25(21(26)28)14-24-12-2-3-19(27)13-24/h4-11,19,27H,2-3,12-14H2,1H3/p+1/t19-/m1/s1. The molecule has 2 atom stereocenters. The van der Waals surface area contributed by atoms with E-state index in [0.717, 1.165) is 43.0 Å². The van der Waals surface area contributed by atoms with Gasteiger partial charge in [0.05, 0.1) is 6.54 Å². The normalized spacial score (nSPS) is 19.7. The minimum absolute atomic E-state index is 0.243. The van der Waals surface area contributed by atoms with Crippen molar-refractivity contribution < 1.29 is 10.0 Å². The summed E-state index contributed by atoms with van der Waals surface area (Å²) < 4.78 is 4.55. The van der Waals surface area contributed by atoms with Gasteiger partial charge in [-0.15, -0.1) is 5.10 Å². The summed E-state index contributed by atoms with van der Waals surface area (Å²) in [5.41, 5.74) is 3.14. The smallest absolute Gasteiger partial charge is 0.207 e. The highest BCUT2D eigenvalue weighted by Gasteiger charge is 2.23. The predicted octanol–water partition coefficient (Wildman–Crippen LogP) is 3.03. The summed E-state index contributed by atoms with van der Waals surface area (Å²) in [5, 5.41) is 15.5. The number of quaternary nitrogens is 1. The van der Waals surface area contributed by atoms with Crippen LogP contribution in [0, 0.1) is 11.7 Å². The molecule has 28 heavy (non-hydrogen) atoms. The van der Waals surface area contributed by atoms with E-state index in [0.29, 0.717) is 16.5 Å². The van der Waals surface area contributed by atoms with E-state index in [1.807, 2.05) is 33.5 Å². The molecule has 0 radical (unpaired) electrons. The van der Waals surface area contributed by atoms with E-state index in [-0.39, 0.29) is 6.10 Å². The van der Waals surface area contributed by atoms with Gasteiger partial charge in [-0.25, -0.2) is 0 Å². The number of benzene rings is 2. The average molecular weight is 416 g/mol. The Balaban J connectivity index is 1.78. The van der Waals surface area contributed by atoms with Crippen LogP contribution in [0.5, 0.6) is 0 Å². The Bertz CT molecular complexity index is 1010. The molecule has 0 spiro atoms. The lowest BCUT2D eigenvalue weighted by molar-refractivity contribution is -0.931. The molecule has 1 unspecified atom stereocenters. The number of aromatic nitrogens is 3. The molecule has 2 aromatic carbocycles. The molecular formula is C21H24ClN4OS+. The zero-order chi connectivity index (χ0) is 19.7. The molecule has 1 saturated heterocycles. The van der Waals surface area contributed by atoms with Crippen molar-refractivity contribution in [3.63, 3.8) is 0 Å². The summed E-state index contributed by atoms with van der Waals surface area (Å²) >= 11 is 11.9. The molecule has 5 nitrogen and oxygen atoms in total. The molecular weight excluding hydrogens is 392 g/mol. The SMILES string of the molecule is Cc1ccc(-n2c(-c3ccc(Cl)cc3)nn(C[NH+]3CCC[C@@H](O)C3)c2=S)cc1. The molecule has 3 aromatic rings. The molecule has 1 aliphatic rings. The molecule has 1 aliphatic heterocycles. The van der Waals surface area contributed by atoms with Crippen LogP contribution in [0.25, 0.3) is 17.1 Å². The first kappa shape index (κ1) is 19.3. The van der Waals surface area contributed by atoms with Crippen LogP contribution in [-0.2, 0) is 6.67 Å². The maximum absolute atomic E-state index is 10.0. The fourth-order valence-electron chi connectivity index (χ4n) is 3.70. The quantitative estimate of drug-likeness (QED) is 0.644. The largest absolute Gasteiger partial charge is 0.387 e. The van der Waals surface area contributed by atoms with Crippen molar-refractivity contribution in [3.05, 3.63) is 63.9 Å². The molecule has 0 aliphatic carbocycles.